The van der Waals surface area contributed by atoms with Crippen LogP contribution in [0.3, 0.4) is 0 Å². The van der Waals surface area contributed by atoms with Crippen LogP contribution < -0.4 is 4.72 Å². The Balaban J connectivity index is 1.63. The van der Waals surface area contributed by atoms with Crippen molar-refractivity contribution in [3.8, 4) is 0 Å². The van der Waals surface area contributed by atoms with Crippen molar-refractivity contribution >= 4 is 16.0 Å². The van der Waals surface area contributed by atoms with Crippen molar-refractivity contribution in [2.24, 2.45) is 5.92 Å². The molecule has 9 nitrogen and oxygen atoms in total. The fraction of sp³-hybridized carbons (Fsp3) is 0.385. The molecule has 2 aromatic heterocycles. The molecule has 0 bridgehead atoms. The van der Waals surface area contributed by atoms with Crippen molar-refractivity contribution in [3.63, 3.8) is 0 Å². The van der Waals surface area contributed by atoms with Crippen LogP contribution in [0.25, 0.3) is 0 Å². The van der Waals surface area contributed by atoms with Crippen LogP contribution >= 0.6 is 0 Å². The van der Waals surface area contributed by atoms with Crippen LogP contribution in [-0.4, -0.2) is 39.2 Å². The first-order valence-corrected chi connectivity index (χ1v) is 8.49. The van der Waals surface area contributed by atoms with E-state index < -0.39 is 16.0 Å². The Morgan fingerprint density at radius 1 is 1.30 bits per heavy atom. The zero-order valence-corrected chi connectivity index (χ0v) is 12.9. The number of sulfonamides is 1. The summed E-state index contributed by atoms with van der Waals surface area (Å²) >= 11 is 0. The highest BCUT2D eigenvalue weighted by Crippen LogP contribution is 2.30. The lowest BCUT2D eigenvalue weighted by Gasteiger charge is -2.04. The predicted molar refractivity (Wildman–Crippen MR) is 78.0 cm³/mol. The molecule has 0 saturated heterocycles. The molecule has 0 atom stereocenters. The minimum atomic E-state index is -3.71. The molecule has 2 heterocycles. The fourth-order valence-corrected chi connectivity index (χ4v) is 2.88. The summed E-state index contributed by atoms with van der Waals surface area (Å²) in [6.07, 6.45) is 7.38. The summed E-state index contributed by atoms with van der Waals surface area (Å²) in [6.45, 7) is 0.602. The Hall–Kier alpha value is -2.33. The van der Waals surface area contributed by atoms with Gasteiger partial charge in [0, 0.05) is 25.1 Å². The molecule has 10 heteroatoms. The summed E-state index contributed by atoms with van der Waals surface area (Å²) < 4.78 is 28.4. The molecule has 0 aromatic carbocycles. The van der Waals surface area contributed by atoms with Gasteiger partial charge in [-0.3, -0.25) is 4.68 Å². The average molecular weight is 337 g/mol. The smallest absolute Gasteiger partial charge is 0.338 e. The van der Waals surface area contributed by atoms with Crippen molar-refractivity contribution in [2.45, 2.75) is 30.8 Å². The average Bonchev–Trinajstić information content (AvgIpc) is 3.20. The van der Waals surface area contributed by atoms with Crippen LogP contribution in [0, 0.1) is 5.92 Å². The van der Waals surface area contributed by atoms with Crippen molar-refractivity contribution in [3.05, 3.63) is 36.2 Å². The van der Waals surface area contributed by atoms with Gasteiger partial charge in [-0.2, -0.15) is 5.10 Å². The quantitative estimate of drug-likeness (QED) is 0.742. The third-order valence-electron chi connectivity index (χ3n) is 3.43. The lowest BCUT2D eigenvalue weighted by atomic mass is 10.3. The van der Waals surface area contributed by atoms with E-state index in [1.165, 1.54) is 12.4 Å². The van der Waals surface area contributed by atoms with Gasteiger partial charge in [0.1, 0.15) is 10.7 Å². The fourth-order valence-electron chi connectivity index (χ4n) is 1.95. The first-order chi connectivity index (χ1) is 10.9. The minimum Gasteiger partial charge on any atom is -0.478 e. The number of carbonyl (C=O) groups is 1. The first-order valence-electron chi connectivity index (χ1n) is 7.00. The van der Waals surface area contributed by atoms with E-state index in [9.17, 15) is 13.2 Å². The second kappa shape index (κ2) is 6.05. The predicted octanol–water partition coefficient (Wildman–Crippen LogP) is 0.260. The van der Waals surface area contributed by atoms with E-state index >= 15 is 0 Å². The van der Waals surface area contributed by atoms with Gasteiger partial charge in [-0.1, -0.05) is 0 Å². The highest BCUT2D eigenvalue weighted by molar-refractivity contribution is 7.89. The van der Waals surface area contributed by atoms with E-state index in [1.807, 2.05) is 0 Å². The summed E-state index contributed by atoms with van der Waals surface area (Å²) in [5.74, 6) is -0.358. The molecule has 2 N–H and O–H groups in total. The standard InChI is InChI=1S/C13H15N5O4S/c19-13(20)10-3-14-12(15-4-10)6-17-23(21,22)11-5-16-18(8-11)7-9-1-2-9/h3-5,8-9,17H,1-2,6-7H2,(H,19,20). The monoisotopic (exact) mass is 337 g/mol. The van der Waals surface area contributed by atoms with Crippen LogP contribution in [0.1, 0.15) is 29.0 Å². The van der Waals surface area contributed by atoms with E-state index in [0.29, 0.717) is 5.92 Å². The molecule has 1 fully saturated rings. The number of carboxylic acid groups (broad SMARTS) is 1. The van der Waals surface area contributed by atoms with Gasteiger partial charge in [-0.25, -0.2) is 27.9 Å². The number of nitrogens with one attached hydrogen (secondary N) is 1. The van der Waals surface area contributed by atoms with E-state index in [-0.39, 0.29) is 22.8 Å². The van der Waals surface area contributed by atoms with Crippen molar-refractivity contribution in [2.75, 3.05) is 0 Å². The van der Waals surface area contributed by atoms with Crippen LogP contribution in [0.2, 0.25) is 0 Å². The third kappa shape index (κ3) is 3.90. The zero-order chi connectivity index (χ0) is 16.4. The van der Waals surface area contributed by atoms with Gasteiger partial charge in [-0.15, -0.1) is 0 Å². The summed E-state index contributed by atoms with van der Waals surface area (Å²) in [5, 5.41) is 12.8. The Labute approximate surface area is 132 Å². The topological polar surface area (TPSA) is 127 Å². The summed E-state index contributed by atoms with van der Waals surface area (Å²) in [7, 11) is -3.71. The molecule has 2 aromatic rings. The van der Waals surface area contributed by atoms with Gasteiger partial charge in [0.25, 0.3) is 0 Å². The van der Waals surface area contributed by atoms with Gasteiger partial charge >= 0.3 is 5.97 Å². The lowest BCUT2D eigenvalue weighted by Crippen LogP contribution is -2.24. The highest BCUT2D eigenvalue weighted by Gasteiger charge is 2.23. The molecule has 1 aliphatic carbocycles. The van der Waals surface area contributed by atoms with Crippen LogP contribution in [0.15, 0.2) is 29.7 Å². The Kier molecular flexibility index (Phi) is 4.09. The molecule has 0 unspecified atom stereocenters. The van der Waals surface area contributed by atoms with Gasteiger partial charge in [0.15, 0.2) is 0 Å². The van der Waals surface area contributed by atoms with E-state index in [2.05, 4.69) is 19.8 Å². The summed E-state index contributed by atoms with van der Waals surface area (Å²) in [5.41, 5.74) is -0.0574. The second-order valence-corrected chi connectivity index (χ2v) is 7.13. The van der Waals surface area contributed by atoms with E-state index in [0.717, 1.165) is 31.8 Å². The number of carboxylic acids is 1. The molecule has 0 aliphatic heterocycles. The second-order valence-electron chi connectivity index (χ2n) is 5.36. The third-order valence-corrected chi connectivity index (χ3v) is 4.79. The zero-order valence-electron chi connectivity index (χ0n) is 12.1. The number of aromatic carboxylic acids is 1. The Morgan fingerprint density at radius 3 is 2.61 bits per heavy atom. The van der Waals surface area contributed by atoms with Gasteiger partial charge < -0.3 is 5.11 Å². The molecule has 23 heavy (non-hydrogen) atoms. The van der Waals surface area contributed by atoms with Crippen molar-refractivity contribution in [1.82, 2.24) is 24.5 Å². The molecule has 3 rings (SSSR count). The molecule has 0 radical (unpaired) electrons. The van der Waals surface area contributed by atoms with Crippen LogP contribution in [0.5, 0.6) is 0 Å². The van der Waals surface area contributed by atoms with Crippen molar-refractivity contribution in [1.29, 1.82) is 0 Å². The molecular weight excluding hydrogens is 322 g/mol. The highest BCUT2D eigenvalue weighted by atomic mass is 32.2. The summed E-state index contributed by atoms with van der Waals surface area (Å²) in [6, 6.07) is 0. The molecule has 122 valence electrons. The number of hydrogen-bond acceptors (Lipinski definition) is 6. The largest absolute Gasteiger partial charge is 0.478 e. The number of hydrogen-bond donors (Lipinski definition) is 2. The summed E-state index contributed by atoms with van der Waals surface area (Å²) in [4.78, 5) is 18.4. The maximum atomic E-state index is 12.2. The van der Waals surface area contributed by atoms with Gasteiger partial charge in [-0.05, 0) is 18.8 Å². The van der Waals surface area contributed by atoms with Crippen molar-refractivity contribution < 1.29 is 18.3 Å². The van der Waals surface area contributed by atoms with Crippen LogP contribution in [-0.2, 0) is 23.1 Å². The Bertz CT molecular complexity index is 811. The maximum Gasteiger partial charge on any atom is 0.338 e. The van der Waals surface area contributed by atoms with Gasteiger partial charge in [0.2, 0.25) is 10.0 Å². The van der Waals surface area contributed by atoms with Gasteiger partial charge in [0.05, 0.1) is 18.3 Å². The molecule has 1 aliphatic rings. The Morgan fingerprint density at radius 2 is 2.00 bits per heavy atom. The van der Waals surface area contributed by atoms with E-state index in [1.54, 1.807) is 4.68 Å². The molecular formula is C13H15N5O4S. The molecule has 0 spiro atoms. The maximum absolute atomic E-state index is 12.2. The SMILES string of the molecule is O=C(O)c1cnc(CNS(=O)(=O)c2cnn(CC3CC3)c2)nc1. The number of nitrogens with zero attached hydrogens (tertiary/aromatic N) is 4. The minimum absolute atomic E-state index is 0.0574. The normalized spacial score (nSPS) is 14.8. The molecule has 0 amide bonds. The lowest BCUT2D eigenvalue weighted by molar-refractivity contribution is 0.0696. The number of aromatic nitrogens is 4. The van der Waals surface area contributed by atoms with E-state index in [4.69, 9.17) is 5.11 Å². The van der Waals surface area contributed by atoms with Crippen LogP contribution in [0.4, 0.5) is 0 Å². The number of rotatable bonds is 7. The first kappa shape index (κ1) is 15.6. The molecule has 1 saturated carbocycles.